The van der Waals surface area contributed by atoms with Gasteiger partial charge in [-0.1, -0.05) is 0 Å². The van der Waals surface area contributed by atoms with Gasteiger partial charge in [-0.05, 0) is 25.5 Å². The van der Waals surface area contributed by atoms with Gasteiger partial charge in [-0.15, -0.1) is 0 Å². The average Bonchev–Trinajstić information content (AvgIpc) is 2.25. The zero-order chi connectivity index (χ0) is 13.0. The van der Waals surface area contributed by atoms with Crippen LogP contribution in [0.1, 0.15) is 23.7 Å². The van der Waals surface area contributed by atoms with Crippen LogP contribution in [0.4, 0.5) is 4.39 Å². The van der Waals surface area contributed by atoms with Gasteiger partial charge in [-0.3, -0.25) is 4.79 Å². The smallest absolute Gasteiger partial charge is 0.256 e. The van der Waals surface area contributed by atoms with Crippen molar-refractivity contribution in [2.45, 2.75) is 19.4 Å². The highest BCUT2D eigenvalue weighted by atomic mass is 19.1. The molecule has 0 bridgehead atoms. The van der Waals surface area contributed by atoms with Crippen LogP contribution in [-0.4, -0.2) is 40.7 Å². The third-order valence-electron chi connectivity index (χ3n) is 2.41. The lowest BCUT2D eigenvalue weighted by Crippen LogP contribution is -2.30. The lowest BCUT2D eigenvalue weighted by Gasteiger charge is -2.18. The molecule has 1 amide bonds. The van der Waals surface area contributed by atoms with Crippen LogP contribution in [0.5, 0.6) is 5.75 Å². The molecule has 0 aliphatic rings. The summed E-state index contributed by atoms with van der Waals surface area (Å²) in [5.41, 5.74) is -0.0871. The van der Waals surface area contributed by atoms with Crippen molar-refractivity contribution in [2.24, 2.45) is 0 Å². The summed E-state index contributed by atoms with van der Waals surface area (Å²) in [6, 6.07) is 3.40. The summed E-state index contributed by atoms with van der Waals surface area (Å²) in [5, 5.41) is 18.1. The molecule has 4 nitrogen and oxygen atoms in total. The Morgan fingerprint density at radius 3 is 2.71 bits per heavy atom. The Kier molecular flexibility index (Phi) is 4.45. The van der Waals surface area contributed by atoms with E-state index in [2.05, 4.69) is 0 Å². The van der Waals surface area contributed by atoms with E-state index in [9.17, 15) is 9.18 Å². The molecular formula is C12H16FNO3. The molecule has 1 unspecified atom stereocenters. The summed E-state index contributed by atoms with van der Waals surface area (Å²) in [7, 11) is 1.54. The highest BCUT2D eigenvalue weighted by molar-refractivity contribution is 5.94. The van der Waals surface area contributed by atoms with Gasteiger partial charge >= 0.3 is 0 Å². The maximum atomic E-state index is 13.4. The summed E-state index contributed by atoms with van der Waals surface area (Å²) in [4.78, 5) is 13.1. The molecule has 0 aliphatic carbocycles. The number of halogens is 1. The maximum absolute atomic E-state index is 13.4. The Labute approximate surface area is 99.3 Å². The van der Waals surface area contributed by atoms with Crippen molar-refractivity contribution in [1.29, 1.82) is 0 Å². The van der Waals surface area contributed by atoms with Crippen molar-refractivity contribution in [3.63, 3.8) is 0 Å². The molecule has 1 aromatic rings. The topological polar surface area (TPSA) is 60.8 Å². The minimum absolute atomic E-state index is 0.0871. The second kappa shape index (κ2) is 5.63. The first-order valence-electron chi connectivity index (χ1n) is 5.34. The first-order valence-corrected chi connectivity index (χ1v) is 5.34. The van der Waals surface area contributed by atoms with Crippen LogP contribution in [0.15, 0.2) is 18.2 Å². The van der Waals surface area contributed by atoms with Crippen LogP contribution >= 0.6 is 0 Å². The SMILES string of the molecule is CC(O)CCN(C)C(=O)c1ccc(O)cc1F. The van der Waals surface area contributed by atoms with Gasteiger partial charge in [0.25, 0.3) is 5.91 Å². The quantitative estimate of drug-likeness (QED) is 0.837. The number of phenolic OH excluding ortho intramolecular Hbond substituents is 1. The minimum atomic E-state index is -0.751. The number of rotatable bonds is 4. The zero-order valence-electron chi connectivity index (χ0n) is 9.85. The fraction of sp³-hybridized carbons (Fsp3) is 0.417. The number of aliphatic hydroxyl groups is 1. The number of carbonyl (C=O) groups excluding carboxylic acids is 1. The maximum Gasteiger partial charge on any atom is 0.256 e. The Morgan fingerprint density at radius 1 is 1.53 bits per heavy atom. The summed E-state index contributed by atoms with van der Waals surface area (Å²) in [6.07, 6.45) is -0.0722. The molecule has 1 aromatic carbocycles. The van der Waals surface area contributed by atoms with E-state index in [1.807, 2.05) is 0 Å². The first kappa shape index (κ1) is 13.4. The second-order valence-corrected chi connectivity index (χ2v) is 4.03. The van der Waals surface area contributed by atoms with Gasteiger partial charge in [0.05, 0.1) is 11.7 Å². The zero-order valence-corrected chi connectivity index (χ0v) is 9.85. The van der Waals surface area contributed by atoms with Gasteiger partial charge in [0.15, 0.2) is 0 Å². The van der Waals surface area contributed by atoms with E-state index >= 15 is 0 Å². The Balaban J connectivity index is 2.75. The van der Waals surface area contributed by atoms with E-state index in [4.69, 9.17) is 10.2 Å². The summed E-state index contributed by atoms with van der Waals surface area (Å²) in [5.74, 6) is -1.44. The average molecular weight is 241 g/mol. The molecule has 0 heterocycles. The van der Waals surface area contributed by atoms with Gasteiger partial charge in [-0.2, -0.15) is 0 Å². The third-order valence-corrected chi connectivity index (χ3v) is 2.41. The molecule has 0 aromatic heterocycles. The van der Waals surface area contributed by atoms with Crippen LogP contribution in [0.3, 0.4) is 0 Å². The van der Waals surface area contributed by atoms with Gasteiger partial charge < -0.3 is 15.1 Å². The van der Waals surface area contributed by atoms with Gasteiger partial charge in [0.2, 0.25) is 0 Å². The summed E-state index contributed by atoms with van der Waals surface area (Å²) < 4.78 is 13.4. The summed E-state index contributed by atoms with van der Waals surface area (Å²) in [6.45, 7) is 1.97. The molecule has 1 rings (SSSR count). The number of hydrogen-bond donors (Lipinski definition) is 2. The Morgan fingerprint density at radius 2 is 2.18 bits per heavy atom. The Bertz CT molecular complexity index is 407. The lowest BCUT2D eigenvalue weighted by molar-refractivity contribution is 0.0764. The minimum Gasteiger partial charge on any atom is -0.508 e. The Hall–Kier alpha value is -1.62. The van der Waals surface area contributed by atoms with Gasteiger partial charge in [0.1, 0.15) is 11.6 Å². The molecule has 2 N–H and O–H groups in total. The van der Waals surface area contributed by atoms with Crippen molar-refractivity contribution in [2.75, 3.05) is 13.6 Å². The molecule has 0 spiro atoms. The molecule has 17 heavy (non-hydrogen) atoms. The van der Waals surface area contributed by atoms with E-state index in [0.717, 1.165) is 6.07 Å². The molecule has 0 saturated heterocycles. The van der Waals surface area contributed by atoms with Crippen molar-refractivity contribution >= 4 is 5.91 Å². The van der Waals surface area contributed by atoms with Crippen LogP contribution in [0, 0.1) is 5.82 Å². The molecule has 0 radical (unpaired) electrons. The first-order chi connectivity index (χ1) is 7.91. The molecule has 0 saturated carbocycles. The molecule has 0 fully saturated rings. The number of aromatic hydroxyl groups is 1. The van der Waals surface area contributed by atoms with Crippen LogP contribution in [0.2, 0.25) is 0 Å². The van der Waals surface area contributed by atoms with Crippen LogP contribution in [-0.2, 0) is 0 Å². The van der Waals surface area contributed by atoms with E-state index in [-0.39, 0.29) is 11.3 Å². The predicted molar refractivity (Wildman–Crippen MR) is 61.3 cm³/mol. The lowest BCUT2D eigenvalue weighted by atomic mass is 10.1. The second-order valence-electron chi connectivity index (χ2n) is 4.03. The molecule has 94 valence electrons. The fourth-order valence-corrected chi connectivity index (χ4v) is 1.37. The highest BCUT2D eigenvalue weighted by Gasteiger charge is 2.16. The van der Waals surface area contributed by atoms with Crippen molar-refractivity contribution in [3.8, 4) is 5.75 Å². The summed E-state index contributed by atoms with van der Waals surface area (Å²) >= 11 is 0. The largest absolute Gasteiger partial charge is 0.508 e. The van der Waals surface area contributed by atoms with Gasteiger partial charge in [-0.25, -0.2) is 4.39 Å². The van der Waals surface area contributed by atoms with Gasteiger partial charge in [0, 0.05) is 19.7 Å². The number of nitrogens with zero attached hydrogens (tertiary/aromatic N) is 1. The molecule has 5 heteroatoms. The molecule has 1 atom stereocenters. The predicted octanol–water partition coefficient (Wildman–Crippen LogP) is 1.37. The van der Waals surface area contributed by atoms with Crippen LogP contribution < -0.4 is 0 Å². The number of aliphatic hydroxyl groups excluding tert-OH is 1. The number of hydrogen-bond acceptors (Lipinski definition) is 3. The molecule has 0 aliphatic heterocycles. The van der Waals surface area contributed by atoms with Crippen LogP contribution in [0.25, 0.3) is 0 Å². The molecular weight excluding hydrogens is 225 g/mol. The fourth-order valence-electron chi connectivity index (χ4n) is 1.37. The van der Waals surface area contributed by atoms with E-state index in [0.29, 0.717) is 13.0 Å². The third kappa shape index (κ3) is 3.71. The number of benzene rings is 1. The normalized spacial score (nSPS) is 12.2. The number of phenols is 1. The van der Waals surface area contributed by atoms with E-state index < -0.39 is 17.8 Å². The monoisotopic (exact) mass is 241 g/mol. The number of amides is 1. The standard InChI is InChI=1S/C12H16FNO3/c1-8(15)5-6-14(2)12(17)10-4-3-9(16)7-11(10)13/h3-4,7-8,15-16H,5-6H2,1-2H3. The van der Waals surface area contributed by atoms with E-state index in [1.165, 1.54) is 24.1 Å². The number of carbonyl (C=O) groups is 1. The van der Waals surface area contributed by atoms with Crippen molar-refractivity contribution < 1.29 is 19.4 Å². The van der Waals surface area contributed by atoms with E-state index in [1.54, 1.807) is 6.92 Å². The highest BCUT2D eigenvalue weighted by Crippen LogP contribution is 2.16. The van der Waals surface area contributed by atoms with Crippen molar-refractivity contribution in [1.82, 2.24) is 4.90 Å². The van der Waals surface area contributed by atoms with Crippen molar-refractivity contribution in [3.05, 3.63) is 29.6 Å².